The molecule has 0 aliphatic rings. The van der Waals surface area contributed by atoms with Gasteiger partial charge in [0.15, 0.2) is 17.6 Å². The molecule has 9 heteroatoms. The Balaban J connectivity index is 1.82. The maximum atomic E-state index is 12.7. The molecule has 1 unspecified atom stereocenters. The van der Waals surface area contributed by atoms with Crippen molar-refractivity contribution < 1.29 is 26.1 Å². The highest BCUT2D eigenvalue weighted by molar-refractivity contribution is 7.77. The van der Waals surface area contributed by atoms with E-state index >= 15 is 0 Å². The summed E-state index contributed by atoms with van der Waals surface area (Å²) in [6.45, 7) is 0.225. The summed E-state index contributed by atoms with van der Waals surface area (Å²) < 4.78 is 56.0. The summed E-state index contributed by atoms with van der Waals surface area (Å²) in [7, 11) is -1.47. The lowest BCUT2D eigenvalue weighted by Crippen LogP contribution is -2.37. The molecule has 5 nitrogen and oxygen atoms in total. The van der Waals surface area contributed by atoms with Crippen LogP contribution in [0.15, 0.2) is 42.9 Å². The summed E-state index contributed by atoms with van der Waals surface area (Å²) in [5.41, 5.74) is 2.47. The Morgan fingerprint density at radius 1 is 1.28 bits per heavy atom. The lowest BCUT2D eigenvalue weighted by Gasteiger charge is -2.12. The van der Waals surface area contributed by atoms with Crippen molar-refractivity contribution in [2.24, 2.45) is 0 Å². The van der Waals surface area contributed by atoms with E-state index in [9.17, 15) is 17.4 Å². The monoisotopic (exact) mass is 370 g/mol. The van der Waals surface area contributed by atoms with Crippen LogP contribution in [0.25, 0.3) is 11.0 Å². The van der Waals surface area contributed by atoms with Crippen LogP contribution in [0, 0.1) is 6.92 Å². The number of benzene rings is 1. The summed E-state index contributed by atoms with van der Waals surface area (Å²) in [5, 5.41) is 0. The van der Waals surface area contributed by atoms with Crippen LogP contribution in [-0.2, 0) is 16.7 Å². The number of para-hydroxylation sites is 2. The molecule has 0 radical (unpaired) electrons. The Labute approximate surface area is 144 Å². The van der Waals surface area contributed by atoms with Gasteiger partial charge in [-0.15, -0.1) is 3.97 Å². The van der Waals surface area contributed by atoms with E-state index in [4.69, 9.17) is 4.74 Å². The molecule has 0 amide bonds. The van der Waals surface area contributed by atoms with Crippen molar-refractivity contribution in [3.05, 3.63) is 54.1 Å². The van der Waals surface area contributed by atoms with Gasteiger partial charge in [-0.1, -0.05) is 12.1 Å². The second-order valence-corrected chi connectivity index (χ2v) is 6.69. The smallest absolute Gasteiger partial charge is 0.422 e. The molecule has 132 valence electrons. The third-order valence-electron chi connectivity index (χ3n) is 3.61. The number of H-pyrrole nitrogens is 1. The standard InChI is InChI=1S/C16H14F3N3O2S/c1-11-13(20-7-6-15(11)24-9-16(17,18)19)8-25(23)22-10-21-12-4-2-3-5-14(12)22/h2-7,10H,8-9H2,1H3/p+1. The van der Waals surface area contributed by atoms with E-state index in [1.54, 1.807) is 17.2 Å². The number of hydrogen-bond donors (Lipinski definition) is 1. The van der Waals surface area contributed by atoms with Gasteiger partial charge in [0.25, 0.3) is 6.33 Å². The predicted molar refractivity (Wildman–Crippen MR) is 86.3 cm³/mol. The quantitative estimate of drug-likeness (QED) is 0.703. The molecule has 3 rings (SSSR count). The fourth-order valence-corrected chi connectivity index (χ4v) is 3.57. The zero-order valence-electron chi connectivity index (χ0n) is 13.2. The Morgan fingerprint density at radius 2 is 2.04 bits per heavy atom. The summed E-state index contributed by atoms with van der Waals surface area (Å²) in [5.74, 6) is 0.143. The van der Waals surface area contributed by atoms with Crippen LogP contribution in [-0.4, -0.2) is 27.0 Å². The van der Waals surface area contributed by atoms with E-state index in [0.717, 1.165) is 11.0 Å². The molecule has 1 N–H and O–H groups in total. The molecule has 2 heterocycles. The van der Waals surface area contributed by atoms with Crippen molar-refractivity contribution in [2.45, 2.75) is 18.9 Å². The van der Waals surface area contributed by atoms with Gasteiger partial charge >= 0.3 is 6.18 Å². The largest absolute Gasteiger partial charge is 0.484 e. The van der Waals surface area contributed by atoms with Gasteiger partial charge in [0.05, 0.1) is 5.69 Å². The van der Waals surface area contributed by atoms with E-state index in [0.29, 0.717) is 11.3 Å². The van der Waals surface area contributed by atoms with Crippen LogP contribution < -0.4 is 8.71 Å². The Kier molecular flexibility index (Phi) is 4.76. The Hall–Kier alpha value is -2.42. The number of ether oxygens (including phenoxy) is 1. The number of hydrogen-bond acceptors (Lipinski definition) is 3. The summed E-state index contributed by atoms with van der Waals surface area (Å²) in [4.78, 5) is 7.15. The molecule has 3 aromatic rings. The average Bonchev–Trinajstić information content (AvgIpc) is 2.99. The van der Waals surface area contributed by atoms with Gasteiger partial charge in [0.2, 0.25) is 11.0 Å². The number of aromatic nitrogens is 3. The van der Waals surface area contributed by atoms with E-state index < -0.39 is 23.8 Å². The SMILES string of the molecule is Cc1c(OCC(F)(F)F)ccnc1CS(=O)[n+]1c[nH]c2ccccc21. The van der Waals surface area contributed by atoms with Gasteiger partial charge in [-0.25, -0.2) is 9.19 Å². The Bertz CT molecular complexity index is 924. The molecular weight excluding hydrogens is 355 g/mol. The first kappa shape index (κ1) is 17.4. The van der Waals surface area contributed by atoms with E-state index in [2.05, 4.69) is 9.97 Å². The van der Waals surface area contributed by atoms with Crippen LogP contribution in [0.1, 0.15) is 11.3 Å². The van der Waals surface area contributed by atoms with Crippen molar-refractivity contribution >= 4 is 22.0 Å². The normalized spacial score (nSPS) is 13.1. The minimum absolute atomic E-state index is 0.0571. The molecule has 1 atom stereocenters. The fourth-order valence-electron chi connectivity index (χ4n) is 2.36. The number of alkyl halides is 3. The summed E-state index contributed by atoms with van der Waals surface area (Å²) in [6.07, 6.45) is -1.47. The van der Waals surface area contributed by atoms with Crippen LogP contribution in [0.2, 0.25) is 0 Å². The van der Waals surface area contributed by atoms with Gasteiger partial charge in [-0.05, 0) is 25.1 Å². The average molecular weight is 370 g/mol. The minimum atomic E-state index is -4.42. The van der Waals surface area contributed by atoms with E-state index in [1.165, 1.54) is 12.3 Å². The first-order valence-electron chi connectivity index (χ1n) is 7.36. The zero-order chi connectivity index (χ0) is 18.0. The molecule has 0 spiro atoms. The topological polar surface area (TPSA) is 58.9 Å². The molecule has 0 saturated carbocycles. The molecule has 0 fully saturated rings. The van der Waals surface area contributed by atoms with E-state index in [1.807, 2.05) is 24.3 Å². The Morgan fingerprint density at radius 3 is 2.80 bits per heavy atom. The molecular formula is C16H15F3N3O2S+. The third-order valence-corrected chi connectivity index (χ3v) is 4.87. The molecule has 0 saturated heterocycles. The maximum absolute atomic E-state index is 12.7. The van der Waals surface area contributed by atoms with Gasteiger partial charge in [-0.3, -0.25) is 4.98 Å². The number of halogens is 3. The van der Waals surface area contributed by atoms with Gasteiger partial charge < -0.3 is 4.74 Å². The highest BCUT2D eigenvalue weighted by Gasteiger charge is 2.29. The highest BCUT2D eigenvalue weighted by atomic mass is 32.2. The number of rotatable bonds is 5. The van der Waals surface area contributed by atoms with Crippen LogP contribution in [0.3, 0.4) is 0 Å². The molecule has 2 aromatic heterocycles. The van der Waals surface area contributed by atoms with Gasteiger partial charge in [-0.2, -0.15) is 13.2 Å². The number of aromatic amines is 1. The van der Waals surface area contributed by atoms with Crippen molar-refractivity contribution in [1.29, 1.82) is 0 Å². The molecule has 0 aliphatic carbocycles. The fraction of sp³-hybridized carbons (Fsp3) is 0.250. The minimum Gasteiger partial charge on any atom is -0.484 e. The lowest BCUT2D eigenvalue weighted by atomic mass is 10.2. The first-order valence-corrected chi connectivity index (χ1v) is 8.63. The summed E-state index contributed by atoms with van der Waals surface area (Å²) >= 11 is 0. The number of pyridine rings is 1. The number of fused-ring (bicyclic) bond motifs is 1. The molecule has 25 heavy (non-hydrogen) atoms. The van der Waals surface area contributed by atoms with Crippen molar-refractivity contribution in [3.8, 4) is 5.75 Å². The number of nitrogens with one attached hydrogen (secondary N) is 1. The van der Waals surface area contributed by atoms with E-state index in [-0.39, 0.29) is 11.5 Å². The van der Waals surface area contributed by atoms with Gasteiger partial charge in [0, 0.05) is 11.8 Å². The second kappa shape index (κ2) is 6.83. The highest BCUT2D eigenvalue weighted by Crippen LogP contribution is 2.23. The van der Waals surface area contributed by atoms with Crippen LogP contribution in [0.5, 0.6) is 5.75 Å². The maximum Gasteiger partial charge on any atom is 0.422 e. The second-order valence-electron chi connectivity index (χ2n) is 5.37. The van der Waals surface area contributed by atoms with Crippen molar-refractivity contribution in [3.63, 3.8) is 0 Å². The molecule has 1 aromatic carbocycles. The van der Waals surface area contributed by atoms with Crippen LogP contribution in [0.4, 0.5) is 13.2 Å². The predicted octanol–water partition coefficient (Wildman–Crippen LogP) is 2.81. The molecule has 0 aliphatic heterocycles. The zero-order valence-corrected chi connectivity index (χ0v) is 14.0. The van der Waals surface area contributed by atoms with Crippen molar-refractivity contribution in [2.75, 3.05) is 6.61 Å². The van der Waals surface area contributed by atoms with Crippen LogP contribution >= 0.6 is 0 Å². The molecule has 0 bridgehead atoms. The van der Waals surface area contributed by atoms with Gasteiger partial charge in [0.1, 0.15) is 11.5 Å². The number of imidazole rings is 1. The van der Waals surface area contributed by atoms with Crippen molar-refractivity contribution in [1.82, 2.24) is 9.97 Å². The first-order chi connectivity index (χ1) is 11.8. The number of nitrogens with zero attached hydrogens (tertiary/aromatic N) is 2. The summed E-state index contributed by atoms with van der Waals surface area (Å²) in [6, 6.07) is 8.75. The lowest BCUT2D eigenvalue weighted by molar-refractivity contribution is -0.473. The third kappa shape index (κ3) is 3.98.